The summed E-state index contributed by atoms with van der Waals surface area (Å²) in [5.41, 5.74) is 6.62. The number of carbonyl (C=O) groups is 1. The average Bonchev–Trinajstić information content (AvgIpc) is 2.64. The number of hydrogen-bond acceptors (Lipinski definition) is 5. The zero-order valence-electron chi connectivity index (χ0n) is 11.9. The molecule has 0 saturated carbocycles. The quantitative estimate of drug-likeness (QED) is 0.865. The number of nitrogens with two attached hydrogens (primary N) is 1. The van der Waals surface area contributed by atoms with Crippen molar-refractivity contribution in [1.82, 2.24) is 0 Å². The van der Waals surface area contributed by atoms with Gasteiger partial charge in [0.1, 0.15) is 0 Å². The lowest BCUT2D eigenvalue weighted by atomic mass is 10.1. The molecule has 0 unspecified atom stereocenters. The zero-order valence-corrected chi connectivity index (χ0v) is 13.5. The Bertz CT molecular complexity index is 468. The van der Waals surface area contributed by atoms with Crippen LogP contribution in [0.15, 0.2) is 6.07 Å². The van der Waals surface area contributed by atoms with Crippen LogP contribution >= 0.6 is 23.1 Å². The third-order valence-corrected chi connectivity index (χ3v) is 6.10. The summed E-state index contributed by atoms with van der Waals surface area (Å²) in [7, 11) is 0. The smallest absolute Gasteiger partial charge is 0.174 e. The van der Waals surface area contributed by atoms with Gasteiger partial charge in [-0.05, 0) is 12.5 Å². The van der Waals surface area contributed by atoms with Gasteiger partial charge < -0.3 is 10.6 Å². The highest BCUT2D eigenvalue weighted by Crippen LogP contribution is 2.37. The molecule has 2 heterocycles. The van der Waals surface area contributed by atoms with E-state index in [-0.39, 0.29) is 5.78 Å². The summed E-state index contributed by atoms with van der Waals surface area (Å²) in [5, 5.41) is 1.15. The van der Waals surface area contributed by atoms with Crippen LogP contribution in [0.4, 0.5) is 10.7 Å². The molecule has 0 bridgehead atoms. The second-order valence-electron chi connectivity index (χ2n) is 5.49. The van der Waals surface area contributed by atoms with Crippen molar-refractivity contribution in [3.63, 3.8) is 0 Å². The van der Waals surface area contributed by atoms with Gasteiger partial charge in [-0.3, -0.25) is 4.79 Å². The highest BCUT2D eigenvalue weighted by atomic mass is 32.2. The van der Waals surface area contributed by atoms with E-state index < -0.39 is 0 Å². The van der Waals surface area contributed by atoms with Gasteiger partial charge in [0.2, 0.25) is 0 Å². The minimum absolute atomic E-state index is 0.151. The molecule has 1 aromatic heterocycles. The van der Waals surface area contributed by atoms with E-state index >= 15 is 0 Å². The molecule has 0 radical (unpaired) electrons. The van der Waals surface area contributed by atoms with Crippen molar-refractivity contribution in [3.8, 4) is 0 Å². The lowest BCUT2D eigenvalue weighted by Crippen LogP contribution is -2.26. The van der Waals surface area contributed by atoms with Gasteiger partial charge in [-0.2, -0.15) is 11.8 Å². The number of thioether (sulfide) groups is 1. The van der Waals surface area contributed by atoms with Crippen molar-refractivity contribution >= 4 is 39.6 Å². The first kappa shape index (κ1) is 14.7. The molecule has 106 valence electrons. The summed E-state index contributed by atoms with van der Waals surface area (Å²) in [6.45, 7) is 8.56. The van der Waals surface area contributed by atoms with Gasteiger partial charge >= 0.3 is 0 Å². The second kappa shape index (κ2) is 5.75. The number of Topliss-reactive ketones (excluding diaryl/α,β-unsaturated/α-hetero) is 1. The standard InChI is InChI=1S/C14H22N2OS2/c1-4-11(17)13-10(15)9-12(19-13)16-6-5-14(2,3)18-8-7-16/h9H,4-8,15H2,1-3H3. The fourth-order valence-corrected chi connectivity index (χ4v) is 4.41. The topological polar surface area (TPSA) is 46.3 Å². The van der Waals surface area contributed by atoms with Crippen LogP contribution in [0, 0.1) is 0 Å². The fraction of sp³-hybridized carbons (Fsp3) is 0.643. The Morgan fingerprint density at radius 2 is 2.21 bits per heavy atom. The van der Waals surface area contributed by atoms with Gasteiger partial charge in [0.25, 0.3) is 0 Å². The first-order valence-corrected chi connectivity index (χ1v) is 8.54. The van der Waals surface area contributed by atoms with Gasteiger partial charge in [0.15, 0.2) is 5.78 Å². The van der Waals surface area contributed by atoms with Gasteiger partial charge in [-0.25, -0.2) is 0 Å². The first-order chi connectivity index (χ1) is 8.93. The van der Waals surface area contributed by atoms with E-state index in [2.05, 4.69) is 18.7 Å². The SMILES string of the molecule is CCC(=O)c1sc(N2CCSC(C)(C)CC2)cc1N. The molecule has 2 rings (SSSR count). The van der Waals surface area contributed by atoms with Gasteiger partial charge in [0, 0.05) is 30.0 Å². The van der Waals surface area contributed by atoms with Crippen LogP contribution in [0.25, 0.3) is 0 Å². The molecule has 1 aliphatic rings. The third kappa shape index (κ3) is 3.45. The van der Waals surface area contributed by atoms with E-state index in [0.717, 1.165) is 35.1 Å². The zero-order chi connectivity index (χ0) is 14.0. The molecule has 1 saturated heterocycles. The van der Waals surface area contributed by atoms with Crippen LogP contribution in [0.2, 0.25) is 0 Å². The lowest BCUT2D eigenvalue weighted by molar-refractivity contribution is 0.0993. The Hall–Kier alpha value is -0.680. The molecule has 3 nitrogen and oxygen atoms in total. The summed E-state index contributed by atoms with van der Waals surface area (Å²) in [6, 6.07) is 1.97. The van der Waals surface area contributed by atoms with Gasteiger partial charge in [-0.15, -0.1) is 11.3 Å². The summed E-state index contributed by atoms with van der Waals surface area (Å²) in [5.74, 6) is 1.28. The summed E-state index contributed by atoms with van der Waals surface area (Å²) >= 11 is 3.58. The van der Waals surface area contributed by atoms with E-state index in [9.17, 15) is 4.79 Å². The van der Waals surface area contributed by atoms with Crippen molar-refractivity contribution in [1.29, 1.82) is 0 Å². The molecule has 2 N–H and O–H groups in total. The largest absolute Gasteiger partial charge is 0.397 e. The van der Waals surface area contributed by atoms with Gasteiger partial charge in [0.05, 0.1) is 15.6 Å². The average molecular weight is 298 g/mol. The second-order valence-corrected chi connectivity index (χ2v) is 8.32. The molecule has 5 heteroatoms. The number of thiophene rings is 1. The Morgan fingerprint density at radius 3 is 2.89 bits per heavy atom. The molecule has 1 fully saturated rings. The molecular weight excluding hydrogens is 276 g/mol. The monoisotopic (exact) mass is 298 g/mol. The van der Waals surface area contributed by atoms with Gasteiger partial charge in [-0.1, -0.05) is 20.8 Å². The third-order valence-electron chi connectivity index (χ3n) is 3.47. The van der Waals surface area contributed by atoms with Crippen molar-refractivity contribution in [3.05, 3.63) is 10.9 Å². The van der Waals surface area contributed by atoms with E-state index in [0.29, 0.717) is 16.9 Å². The number of rotatable bonds is 3. The Morgan fingerprint density at radius 1 is 1.47 bits per heavy atom. The maximum absolute atomic E-state index is 11.8. The molecule has 1 aromatic rings. The first-order valence-electron chi connectivity index (χ1n) is 6.74. The summed E-state index contributed by atoms with van der Waals surface area (Å²) in [4.78, 5) is 14.9. The van der Waals surface area contributed by atoms with Crippen LogP contribution in [-0.4, -0.2) is 29.4 Å². The summed E-state index contributed by atoms with van der Waals surface area (Å²) < 4.78 is 0.347. The number of ketones is 1. The van der Waals surface area contributed by atoms with Crippen molar-refractivity contribution in [2.24, 2.45) is 0 Å². The van der Waals surface area contributed by atoms with Crippen molar-refractivity contribution in [2.45, 2.75) is 38.4 Å². The van der Waals surface area contributed by atoms with Crippen molar-refractivity contribution in [2.75, 3.05) is 29.5 Å². The van der Waals surface area contributed by atoms with Crippen molar-refractivity contribution < 1.29 is 4.79 Å². The van der Waals surface area contributed by atoms with Crippen LogP contribution < -0.4 is 10.6 Å². The van der Waals surface area contributed by atoms with Crippen LogP contribution in [0.1, 0.15) is 43.3 Å². The molecule has 19 heavy (non-hydrogen) atoms. The lowest BCUT2D eigenvalue weighted by Gasteiger charge is -2.22. The van der Waals surface area contributed by atoms with E-state index in [4.69, 9.17) is 5.73 Å². The number of nitrogens with zero attached hydrogens (tertiary/aromatic N) is 1. The minimum atomic E-state index is 0.151. The molecule has 0 amide bonds. The number of nitrogen functional groups attached to an aromatic ring is 1. The molecule has 1 aliphatic heterocycles. The van der Waals surface area contributed by atoms with E-state index in [1.54, 1.807) is 11.3 Å². The maximum Gasteiger partial charge on any atom is 0.174 e. The molecule has 0 atom stereocenters. The van der Waals surface area contributed by atoms with Crippen LogP contribution in [0.3, 0.4) is 0 Å². The predicted molar refractivity (Wildman–Crippen MR) is 86.7 cm³/mol. The highest BCUT2D eigenvalue weighted by molar-refractivity contribution is 8.00. The Balaban J connectivity index is 2.16. The predicted octanol–water partition coefficient (Wildman–Crippen LogP) is 3.64. The Labute approximate surface area is 123 Å². The summed E-state index contributed by atoms with van der Waals surface area (Å²) in [6.07, 6.45) is 1.68. The molecule has 0 spiro atoms. The van der Waals surface area contributed by atoms with E-state index in [1.165, 1.54) is 0 Å². The van der Waals surface area contributed by atoms with Crippen LogP contribution in [0.5, 0.6) is 0 Å². The number of anilines is 2. The van der Waals surface area contributed by atoms with Crippen LogP contribution in [-0.2, 0) is 0 Å². The Kier molecular flexibility index (Phi) is 4.46. The normalized spacial score (nSPS) is 19.2. The minimum Gasteiger partial charge on any atom is -0.397 e. The molecule has 0 aromatic carbocycles. The number of hydrogen-bond donors (Lipinski definition) is 1. The highest BCUT2D eigenvalue weighted by Gasteiger charge is 2.25. The number of carbonyl (C=O) groups excluding carboxylic acids is 1. The fourth-order valence-electron chi connectivity index (χ4n) is 2.17. The maximum atomic E-state index is 11.8. The molecular formula is C14H22N2OS2. The molecule has 0 aliphatic carbocycles. The van der Waals surface area contributed by atoms with E-state index in [1.807, 2.05) is 24.8 Å².